The highest BCUT2D eigenvalue weighted by Crippen LogP contribution is 2.27. The molecule has 1 aliphatic carbocycles. The summed E-state index contributed by atoms with van der Waals surface area (Å²) in [7, 11) is 6.85. The van der Waals surface area contributed by atoms with Crippen molar-refractivity contribution in [2.45, 2.75) is 25.3 Å². The lowest BCUT2D eigenvalue weighted by Crippen LogP contribution is -2.46. The normalized spacial score (nSPS) is 24.4. The number of benzene rings is 1. The summed E-state index contributed by atoms with van der Waals surface area (Å²) in [5, 5.41) is 0. The van der Waals surface area contributed by atoms with Crippen LogP contribution in [-0.2, 0) is 0 Å². The summed E-state index contributed by atoms with van der Waals surface area (Å²) in [6, 6.07) is 9.24. The molecule has 1 aromatic rings. The fourth-order valence-corrected chi connectivity index (χ4v) is 4.04. The van der Waals surface area contributed by atoms with E-state index in [-0.39, 0.29) is 0 Å². The number of anilines is 1. The van der Waals surface area contributed by atoms with Gasteiger partial charge in [-0.05, 0) is 54.8 Å². The van der Waals surface area contributed by atoms with Gasteiger partial charge in [0.15, 0.2) is 0 Å². The lowest BCUT2D eigenvalue weighted by atomic mass is 9.94. The second-order valence-electron chi connectivity index (χ2n) is 8.66. The molecule has 3 aliphatic rings. The van der Waals surface area contributed by atoms with E-state index in [0.717, 1.165) is 54.1 Å². The van der Waals surface area contributed by atoms with Crippen molar-refractivity contribution < 1.29 is 4.48 Å². The van der Waals surface area contributed by atoms with E-state index in [4.69, 9.17) is 10.7 Å². The largest absolute Gasteiger partial charge is 0.397 e. The molecule has 5 nitrogen and oxygen atoms in total. The molecule has 2 N–H and O–H groups in total. The average Bonchev–Trinajstić information content (AvgIpc) is 3.13. The van der Waals surface area contributed by atoms with E-state index >= 15 is 0 Å². The Kier molecular flexibility index (Phi) is 4.64. The van der Waals surface area contributed by atoms with Crippen molar-refractivity contribution in [1.82, 2.24) is 0 Å². The summed E-state index contributed by atoms with van der Waals surface area (Å²) >= 11 is 0. The number of hydrogen-bond donors (Lipinski definition) is 1. The number of nitrogens with zero attached hydrogens (tertiary/aromatic N) is 4. The molecule has 0 bridgehead atoms. The molecule has 1 saturated heterocycles. The van der Waals surface area contributed by atoms with Crippen LogP contribution in [0, 0.1) is 0 Å². The zero-order valence-corrected chi connectivity index (χ0v) is 16.7. The van der Waals surface area contributed by atoms with Crippen molar-refractivity contribution in [3.8, 4) is 0 Å². The van der Waals surface area contributed by atoms with Crippen molar-refractivity contribution in [2.75, 3.05) is 45.7 Å². The summed E-state index contributed by atoms with van der Waals surface area (Å²) in [5.41, 5.74) is 12.3. The van der Waals surface area contributed by atoms with Gasteiger partial charge in [-0.25, -0.2) is 4.99 Å². The van der Waals surface area contributed by atoms with Crippen LogP contribution in [0.4, 0.5) is 11.4 Å². The maximum absolute atomic E-state index is 6.21. The van der Waals surface area contributed by atoms with Crippen LogP contribution in [0.5, 0.6) is 0 Å². The van der Waals surface area contributed by atoms with Gasteiger partial charge in [0.2, 0.25) is 0 Å². The smallest absolute Gasteiger partial charge is 0.108 e. The predicted molar refractivity (Wildman–Crippen MR) is 114 cm³/mol. The fraction of sp³-hybridized carbons (Fsp3) is 0.455. The summed E-state index contributed by atoms with van der Waals surface area (Å²) in [6.07, 6.45) is 7.48. The van der Waals surface area contributed by atoms with Crippen molar-refractivity contribution in [3.05, 3.63) is 47.7 Å². The van der Waals surface area contributed by atoms with E-state index in [0.29, 0.717) is 11.7 Å². The first-order chi connectivity index (χ1) is 12.9. The number of rotatable bonds is 3. The van der Waals surface area contributed by atoms with Gasteiger partial charge in [-0.2, -0.15) is 0 Å². The standard InChI is InChI=1S/C22H30N5/c1-27(2,3)19-10-12-26(15-19)18-8-6-17(7-9-18)25-22-13-16-5-4-11-24-21(16)14-20(22)23/h6-9,13-14,19H,4-5,10-12,15,23H2,1-3H3/q+1/b25-22-. The molecule has 0 radical (unpaired) electrons. The SMILES string of the molecule is C[N+](C)(C)C1CCN(c2ccc(/N=C3/C=C4CCCN=C4C=C3N)cc2)C1. The number of fused-ring (bicyclic) bond motifs is 1. The van der Waals surface area contributed by atoms with E-state index in [1.807, 2.05) is 6.08 Å². The average molecular weight is 365 g/mol. The highest BCUT2D eigenvalue weighted by atomic mass is 15.4. The fourth-order valence-electron chi connectivity index (χ4n) is 4.04. The molecule has 2 aliphatic heterocycles. The van der Waals surface area contributed by atoms with Crippen molar-refractivity contribution >= 4 is 22.8 Å². The van der Waals surface area contributed by atoms with Crippen molar-refractivity contribution in [2.24, 2.45) is 15.7 Å². The lowest BCUT2D eigenvalue weighted by Gasteiger charge is -2.31. The van der Waals surface area contributed by atoms with Crippen LogP contribution in [-0.4, -0.2) is 62.7 Å². The summed E-state index contributed by atoms with van der Waals surface area (Å²) in [5.74, 6) is 0. The third-order valence-corrected chi connectivity index (χ3v) is 5.84. The molecule has 0 amide bonds. The van der Waals surface area contributed by atoms with E-state index < -0.39 is 0 Å². The van der Waals surface area contributed by atoms with E-state index in [1.54, 1.807) is 0 Å². The van der Waals surface area contributed by atoms with Crippen LogP contribution < -0.4 is 10.6 Å². The first-order valence-electron chi connectivity index (χ1n) is 9.88. The molecule has 0 aromatic heterocycles. The van der Waals surface area contributed by atoms with Gasteiger partial charge in [-0.3, -0.25) is 4.99 Å². The molecule has 1 atom stereocenters. The van der Waals surface area contributed by atoms with Crippen LogP contribution in [0.1, 0.15) is 19.3 Å². The highest BCUT2D eigenvalue weighted by molar-refractivity contribution is 6.24. The van der Waals surface area contributed by atoms with Gasteiger partial charge in [0.05, 0.1) is 50.5 Å². The number of quaternary nitrogens is 1. The number of likely N-dealkylation sites (N-methyl/N-ethyl adjacent to an activating group) is 1. The van der Waals surface area contributed by atoms with Crippen LogP contribution in [0.3, 0.4) is 0 Å². The van der Waals surface area contributed by atoms with Crippen LogP contribution in [0.25, 0.3) is 0 Å². The van der Waals surface area contributed by atoms with Crippen LogP contribution in [0.2, 0.25) is 0 Å². The Labute approximate surface area is 162 Å². The molecule has 4 rings (SSSR count). The Morgan fingerprint density at radius 1 is 1.15 bits per heavy atom. The molecule has 0 saturated carbocycles. The molecule has 1 fully saturated rings. The molecule has 1 unspecified atom stereocenters. The van der Waals surface area contributed by atoms with Gasteiger partial charge >= 0.3 is 0 Å². The molecular formula is C22H30N5+. The lowest BCUT2D eigenvalue weighted by molar-refractivity contribution is -0.893. The van der Waals surface area contributed by atoms with Gasteiger partial charge in [-0.15, -0.1) is 0 Å². The topological polar surface area (TPSA) is 54.0 Å². The molecular weight excluding hydrogens is 334 g/mol. The van der Waals surface area contributed by atoms with E-state index in [1.165, 1.54) is 17.7 Å². The molecule has 2 heterocycles. The Balaban J connectivity index is 1.50. The Morgan fingerprint density at radius 2 is 1.93 bits per heavy atom. The Hall–Kier alpha value is -2.40. The van der Waals surface area contributed by atoms with Gasteiger partial charge < -0.3 is 15.1 Å². The summed E-state index contributed by atoms with van der Waals surface area (Å²) in [6.45, 7) is 3.13. The molecule has 5 heteroatoms. The van der Waals surface area contributed by atoms with Crippen molar-refractivity contribution in [3.63, 3.8) is 0 Å². The van der Waals surface area contributed by atoms with Gasteiger partial charge in [0, 0.05) is 25.2 Å². The van der Waals surface area contributed by atoms with Gasteiger partial charge in [0.25, 0.3) is 0 Å². The third-order valence-electron chi connectivity index (χ3n) is 5.84. The van der Waals surface area contributed by atoms with E-state index in [9.17, 15) is 0 Å². The maximum atomic E-state index is 6.21. The third kappa shape index (κ3) is 3.83. The number of hydrogen-bond acceptors (Lipinski definition) is 4. The Bertz CT molecular complexity index is 836. The zero-order valence-electron chi connectivity index (χ0n) is 16.7. The van der Waals surface area contributed by atoms with Gasteiger partial charge in [0.1, 0.15) is 6.04 Å². The second-order valence-corrected chi connectivity index (χ2v) is 8.66. The highest BCUT2D eigenvalue weighted by Gasteiger charge is 2.32. The molecule has 1 aromatic carbocycles. The monoisotopic (exact) mass is 364 g/mol. The van der Waals surface area contributed by atoms with Crippen LogP contribution >= 0.6 is 0 Å². The molecule has 27 heavy (non-hydrogen) atoms. The molecule has 142 valence electrons. The van der Waals surface area contributed by atoms with E-state index in [2.05, 4.69) is 61.4 Å². The minimum Gasteiger partial charge on any atom is -0.397 e. The number of nitrogens with two attached hydrogens (primary N) is 1. The second kappa shape index (κ2) is 6.97. The van der Waals surface area contributed by atoms with Gasteiger partial charge in [-0.1, -0.05) is 0 Å². The number of allylic oxidation sites excluding steroid dienone is 3. The number of aliphatic imine (C=N–C) groups is 2. The maximum Gasteiger partial charge on any atom is 0.108 e. The minimum atomic E-state index is 0.690. The predicted octanol–water partition coefficient (Wildman–Crippen LogP) is 3.06. The zero-order chi connectivity index (χ0) is 19.0. The quantitative estimate of drug-likeness (QED) is 0.662. The summed E-state index contributed by atoms with van der Waals surface area (Å²) in [4.78, 5) is 11.8. The molecule has 0 spiro atoms. The summed E-state index contributed by atoms with van der Waals surface area (Å²) < 4.78 is 1.02. The van der Waals surface area contributed by atoms with Crippen molar-refractivity contribution in [1.29, 1.82) is 0 Å². The van der Waals surface area contributed by atoms with Crippen LogP contribution in [0.15, 0.2) is 57.7 Å². The first-order valence-corrected chi connectivity index (χ1v) is 9.88. The Morgan fingerprint density at radius 3 is 2.63 bits per heavy atom. The first kappa shape index (κ1) is 18.0. The minimum absolute atomic E-state index is 0.690.